The van der Waals surface area contributed by atoms with Crippen LogP contribution in [0.15, 0.2) is 18.3 Å². The van der Waals surface area contributed by atoms with Crippen LogP contribution in [-0.2, 0) is 0 Å². The summed E-state index contributed by atoms with van der Waals surface area (Å²) in [7, 11) is 2.00. The van der Waals surface area contributed by atoms with E-state index < -0.39 is 0 Å². The third kappa shape index (κ3) is 3.47. The summed E-state index contributed by atoms with van der Waals surface area (Å²) in [5.74, 6) is 1.15. The number of aromatic nitrogens is 1. The van der Waals surface area contributed by atoms with E-state index in [0.717, 1.165) is 12.4 Å². The van der Waals surface area contributed by atoms with Crippen molar-refractivity contribution < 1.29 is 0 Å². The molecule has 1 fully saturated rings. The molecular weight excluding hydrogens is 234 g/mol. The topological polar surface area (TPSA) is 28.2 Å². The van der Waals surface area contributed by atoms with Crippen LogP contribution in [0, 0.1) is 0 Å². The quantitative estimate of drug-likeness (QED) is 0.879. The molecule has 0 bridgehead atoms. The first kappa shape index (κ1) is 14.3. The number of rotatable bonds is 5. The Morgan fingerprint density at radius 1 is 1.37 bits per heavy atom. The summed E-state index contributed by atoms with van der Waals surface area (Å²) < 4.78 is 0. The van der Waals surface area contributed by atoms with Gasteiger partial charge in [-0.1, -0.05) is 19.3 Å². The lowest BCUT2D eigenvalue weighted by atomic mass is 9.94. The van der Waals surface area contributed by atoms with Crippen LogP contribution in [-0.4, -0.2) is 24.6 Å². The van der Waals surface area contributed by atoms with E-state index in [0.29, 0.717) is 12.1 Å². The Labute approximate surface area is 117 Å². The molecule has 1 heterocycles. The van der Waals surface area contributed by atoms with Crippen LogP contribution in [0.25, 0.3) is 0 Å². The maximum Gasteiger partial charge on any atom is 0.129 e. The molecule has 1 N–H and O–H groups in total. The fraction of sp³-hybridized carbons (Fsp3) is 0.688. The predicted molar refractivity (Wildman–Crippen MR) is 81.6 cm³/mol. The highest BCUT2D eigenvalue weighted by Crippen LogP contribution is 2.27. The molecule has 1 saturated carbocycles. The van der Waals surface area contributed by atoms with Gasteiger partial charge in [0.2, 0.25) is 0 Å². The first-order valence-electron chi connectivity index (χ1n) is 7.66. The summed E-state index contributed by atoms with van der Waals surface area (Å²) in [4.78, 5) is 7.09. The second-order valence-electron chi connectivity index (χ2n) is 5.54. The van der Waals surface area contributed by atoms with E-state index in [9.17, 15) is 0 Å². The van der Waals surface area contributed by atoms with Crippen LogP contribution in [0.4, 0.5) is 5.82 Å². The SMILES string of the molecule is CCN(c1cc(C(C)NC)ccn1)C1CCCCC1. The molecule has 1 aliphatic rings. The lowest BCUT2D eigenvalue weighted by Crippen LogP contribution is -2.37. The molecule has 0 saturated heterocycles. The van der Waals surface area contributed by atoms with Crippen molar-refractivity contribution in [3.05, 3.63) is 23.9 Å². The standard InChI is InChI=1S/C16H27N3/c1-4-19(15-8-6-5-7-9-15)16-12-14(10-11-18-16)13(2)17-3/h10-13,15,17H,4-9H2,1-3H3. The molecule has 0 aliphatic heterocycles. The molecule has 1 unspecified atom stereocenters. The van der Waals surface area contributed by atoms with Gasteiger partial charge < -0.3 is 10.2 Å². The Morgan fingerprint density at radius 3 is 2.74 bits per heavy atom. The van der Waals surface area contributed by atoms with Gasteiger partial charge >= 0.3 is 0 Å². The number of hydrogen-bond donors (Lipinski definition) is 1. The zero-order valence-electron chi connectivity index (χ0n) is 12.5. The largest absolute Gasteiger partial charge is 0.354 e. The van der Waals surface area contributed by atoms with Gasteiger partial charge in [-0.05, 0) is 51.4 Å². The Kier molecular flexibility index (Phi) is 5.20. The predicted octanol–water partition coefficient (Wildman–Crippen LogP) is 3.52. The number of anilines is 1. The van der Waals surface area contributed by atoms with Crippen molar-refractivity contribution in [3.63, 3.8) is 0 Å². The van der Waals surface area contributed by atoms with Crippen molar-refractivity contribution in [2.24, 2.45) is 0 Å². The summed E-state index contributed by atoms with van der Waals surface area (Å²) in [5.41, 5.74) is 1.32. The van der Waals surface area contributed by atoms with Gasteiger partial charge in [0.25, 0.3) is 0 Å². The van der Waals surface area contributed by atoms with Crippen LogP contribution in [0.1, 0.15) is 57.6 Å². The molecule has 0 aromatic carbocycles. The van der Waals surface area contributed by atoms with Crippen LogP contribution >= 0.6 is 0 Å². The Bertz CT molecular complexity index is 385. The third-order valence-corrected chi connectivity index (χ3v) is 4.35. The van der Waals surface area contributed by atoms with Crippen molar-refractivity contribution in [1.82, 2.24) is 10.3 Å². The van der Waals surface area contributed by atoms with Gasteiger partial charge in [-0.3, -0.25) is 0 Å². The zero-order valence-corrected chi connectivity index (χ0v) is 12.5. The molecule has 3 nitrogen and oxygen atoms in total. The summed E-state index contributed by atoms with van der Waals surface area (Å²) in [5, 5.41) is 3.30. The van der Waals surface area contributed by atoms with Crippen molar-refractivity contribution in [2.75, 3.05) is 18.5 Å². The zero-order chi connectivity index (χ0) is 13.7. The van der Waals surface area contributed by atoms with E-state index in [1.807, 2.05) is 13.2 Å². The third-order valence-electron chi connectivity index (χ3n) is 4.35. The molecular formula is C16H27N3. The highest BCUT2D eigenvalue weighted by Gasteiger charge is 2.21. The minimum atomic E-state index is 0.381. The van der Waals surface area contributed by atoms with E-state index >= 15 is 0 Å². The van der Waals surface area contributed by atoms with Crippen LogP contribution in [0.2, 0.25) is 0 Å². The van der Waals surface area contributed by atoms with E-state index in [-0.39, 0.29) is 0 Å². The minimum Gasteiger partial charge on any atom is -0.354 e. The van der Waals surface area contributed by atoms with Gasteiger partial charge in [-0.25, -0.2) is 4.98 Å². The molecule has 3 heteroatoms. The maximum atomic E-state index is 4.60. The molecule has 0 radical (unpaired) electrons. The Balaban J connectivity index is 2.17. The fourth-order valence-corrected chi connectivity index (χ4v) is 3.03. The second-order valence-corrected chi connectivity index (χ2v) is 5.54. The maximum absolute atomic E-state index is 4.60. The summed E-state index contributed by atoms with van der Waals surface area (Å²) in [6.45, 7) is 5.48. The van der Waals surface area contributed by atoms with Crippen molar-refractivity contribution in [2.45, 2.75) is 58.0 Å². The van der Waals surface area contributed by atoms with E-state index in [1.165, 1.54) is 37.7 Å². The number of hydrogen-bond acceptors (Lipinski definition) is 3. The summed E-state index contributed by atoms with van der Waals surface area (Å²) >= 11 is 0. The molecule has 0 spiro atoms. The van der Waals surface area contributed by atoms with Gasteiger partial charge in [0.05, 0.1) is 0 Å². The van der Waals surface area contributed by atoms with Crippen molar-refractivity contribution >= 4 is 5.82 Å². The Morgan fingerprint density at radius 2 is 2.11 bits per heavy atom. The monoisotopic (exact) mass is 261 g/mol. The van der Waals surface area contributed by atoms with Crippen LogP contribution in [0.3, 0.4) is 0 Å². The molecule has 1 aromatic rings. The van der Waals surface area contributed by atoms with Gasteiger partial charge in [0.15, 0.2) is 0 Å². The Hall–Kier alpha value is -1.09. The van der Waals surface area contributed by atoms with Crippen molar-refractivity contribution in [1.29, 1.82) is 0 Å². The molecule has 19 heavy (non-hydrogen) atoms. The van der Waals surface area contributed by atoms with Gasteiger partial charge in [-0.15, -0.1) is 0 Å². The van der Waals surface area contributed by atoms with Gasteiger partial charge in [0.1, 0.15) is 5.82 Å². The number of nitrogens with one attached hydrogen (secondary N) is 1. The fourth-order valence-electron chi connectivity index (χ4n) is 3.03. The lowest BCUT2D eigenvalue weighted by molar-refractivity contribution is 0.416. The highest BCUT2D eigenvalue weighted by atomic mass is 15.2. The molecule has 2 rings (SSSR count). The first-order chi connectivity index (χ1) is 9.26. The normalized spacial score (nSPS) is 18.3. The molecule has 106 valence electrons. The van der Waals surface area contributed by atoms with Crippen LogP contribution < -0.4 is 10.2 Å². The van der Waals surface area contributed by atoms with Gasteiger partial charge in [-0.2, -0.15) is 0 Å². The van der Waals surface area contributed by atoms with E-state index in [1.54, 1.807) is 0 Å². The van der Waals surface area contributed by atoms with E-state index in [2.05, 4.69) is 41.2 Å². The highest BCUT2D eigenvalue weighted by molar-refractivity contribution is 5.43. The number of pyridine rings is 1. The summed E-state index contributed by atoms with van der Waals surface area (Å²) in [6, 6.07) is 5.43. The smallest absolute Gasteiger partial charge is 0.129 e. The molecule has 1 atom stereocenters. The average Bonchev–Trinajstić information content (AvgIpc) is 2.48. The average molecular weight is 261 g/mol. The molecule has 1 aromatic heterocycles. The van der Waals surface area contributed by atoms with Crippen LogP contribution in [0.5, 0.6) is 0 Å². The molecule has 0 amide bonds. The first-order valence-corrected chi connectivity index (χ1v) is 7.66. The van der Waals surface area contributed by atoms with Crippen molar-refractivity contribution in [3.8, 4) is 0 Å². The second kappa shape index (κ2) is 6.90. The van der Waals surface area contributed by atoms with Gasteiger partial charge in [0, 0.05) is 24.8 Å². The molecule has 1 aliphatic carbocycles. The number of nitrogens with zero attached hydrogens (tertiary/aromatic N) is 2. The lowest BCUT2D eigenvalue weighted by Gasteiger charge is -2.34. The van der Waals surface area contributed by atoms with E-state index in [4.69, 9.17) is 0 Å². The minimum absolute atomic E-state index is 0.381. The summed E-state index contributed by atoms with van der Waals surface area (Å²) in [6.07, 6.45) is 8.73.